The zero-order valence-corrected chi connectivity index (χ0v) is 9.88. The van der Waals surface area contributed by atoms with Crippen molar-refractivity contribution in [2.24, 2.45) is 5.73 Å². The van der Waals surface area contributed by atoms with E-state index in [-0.39, 0.29) is 5.54 Å². The van der Waals surface area contributed by atoms with Gasteiger partial charge in [0.1, 0.15) is 5.82 Å². The van der Waals surface area contributed by atoms with Crippen LogP contribution in [0.15, 0.2) is 18.3 Å². The second kappa shape index (κ2) is 5.12. The van der Waals surface area contributed by atoms with E-state index >= 15 is 0 Å². The lowest BCUT2D eigenvalue weighted by Crippen LogP contribution is -2.44. The number of hydrogen-bond acceptors (Lipinski definition) is 3. The lowest BCUT2D eigenvalue weighted by atomic mass is 9.93. The van der Waals surface area contributed by atoms with Gasteiger partial charge in [0, 0.05) is 12.7 Å². The van der Waals surface area contributed by atoms with Crippen molar-refractivity contribution in [3.63, 3.8) is 0 Å². The second-order valence-corrected chi connectivity index (χ2v) is 3.99. The Morgan fingerprint density at radius 1 is 1.40 bits per heavy atom. The van der Waals surface area contributed by atoms with Crippen LogP contribution in [0, 0.1) is 6.92 Å². The lowest BCUT2D eigenvalue weighted by molar-refractivity contribution is 0.443. The molecule has 0 saturated heterocycles. The van der Waals surface area contributed by atoms with Crippen LogP contribution in [0.25, 0.3) is 0 Å². The summed E-state index contributed by atoms with van der Waals surface area (Å²) in [6.45, 7) is 7.00. The first-order valence-corrected chi connectivity index (χ1v) is 5.57. The van der Waals surface area contributed by atoms with Gasteiger partial charge in [0.15, 0.2) is 0 Å². The zero-order chi connectivity index (χ0) is 11.3. The van der Waals surface area contributed by atoms with Crippen molar-refractivity contribution in [1.29, 1.82) is 0 Å². The molecule has 0 bridgehead atoms. The van der Waals surface area contributed by atoms with Crippen molar-refractivity contribution in [3.05, 3.63) is 23.9 Å². The summed E-state index contributed by atoms with van der Waals surface area (Å²) in [6, 6.07) is 4.00. The van der Waals surface area contributed by atoms with Crippen LogP contribution in [0.4, 0.5) is 5.82 Å². The molecule has 1 aromatic heterocycles. The van der Waals surface area contributed by atoms with Gasteiger partial charge in [-0.3, -0.25) is 0 Å². The van der Waals surface area contributed by atoms with Gasteiger partial charge in [-0.05, 0) is 31.4 Å². The minimum Gasteiger partial charge on any atom is -0.363 e. The summed E-state index contributed by atoms with van der Waals surface area (Å²) in [4.78, 5) is 4.34. The lowest BCUT2D eigenvalue weighted by Gasteiger charge is -2.32. The Balaban J connectivity index is 2.88. The van der Waals surface area contributed by atoms with Crippen LogP contribution in [0.2, 0.25) is 0 Å². The minimum absolute atomic E-state index is 0.0148. The number of aromatic nitrogens is 1. The molecule has 0 radical (unpaired) electrons. The molecule has 0 amide bonds. The molecule has 0 saturated carbocycles. The summed E-state index contributed by atoms with van der Waals surface area (Å²) < 4.78 is 0. The van der Waals surface area contributed by atoms with Crippen LogP contribution < -0.4 is 11.1 Å². The summed E-state index contributed by atoms with van der Waals surface area (Å²) in [6.07, 6.45) is 3.83. The molecule has 0 aliphatic carbocycles. The Morgan fingerprint density at radius 2 is 2.07 bits per heavy atom. The largest absolute Gasteiger partial charge is 0.363 e. The van der Waals surface area contributed by atoms with E-state index in [0.717, 1.165) is 24.2 Å². The van der Waals surface area contributed by atoms with E-state index in [1.165, 1.54) is 0 Å². The van der Waals surface area contributed by atoms with E-state index in [4.69, 9.17) is 5.73 Å². The Labute approximate surface area is 92.1 Å². The molecular formula is C12H21N3. The summed E-state index contributed by atoms with van der Waals surface area (Å²) in [5, 5.41) is 3.47. The molecule has 0 fully saturated rings. The first kappa shape index (κ1) is 12.0. The number of hydrogen-bond donors (Lipinski definition) is 2. The number of anilines is 1. The Bertz CT molecular complexity index is 297. The zero-order valence-electron chi connectivity index (χ0n) is 9.88. The van der Waals surface area contributed by atoms with Gasteiger partial charge in [-0.1, -0.05) is 19.9 Å². The summed E-state index contributed by atoms with van der Waals surface area (Å²) in [5.41, 5.74) is 6.99. The maximum Gasteiger partial charge on any atom is 0.129 e. The van der Waals surface area contributed by atoms with Gasteiger partial charge in [0.2, 0.25) is 0 Å². The highest BCUT2D eigenvalue weighted by Gasteiger charge is 2.24. The average Bonchev–Trinajstić information content (AvgIpc) is 2.29. The molecule has 84 valence electrons. The van der Waals surface area contributed by atoms with E-state index < -0.39 is 0 Å². The molecule has 0 spiro atoms. The normalized spacial score (nSPS) is 11.5. The van der Waals surface area contributed by atoms with Crippen molar-refractivity contribution >= 4 is 5.82 Å². The van der Waals surface area contributed by atoms with Gasteiger partial charge in [0.05, 0.1) is 5.54 Å². The molecule has 3 N–H and O–H groups in total. The topological polar surface area (TPSA) is 50.9 Å². The summed E-state index contributed by atoms with van der Waals surface area (Å²) >= 11 is 0. The molecule has 0 atom stereocenters. The Morgan fingerprint density at radius 3 is 2.53 bits per heavy atom. The molecule has 3 nitrogen and oxygen atoms in total. The highest BCUT2D eigenvalue weighted by molar-refractivity contribution is 5.45. The van der Waals surface area contributed by atoms with Crippen LogP contribution in [0.3, 0.4) is 0 Å². The quantitative estimate of drug-likeness (QED) is 0.779. The molecule has 1 aromatic rings. The highest BCUT2D eigenvalue weighted by atomic mass is 15.1. The Hall–Kier alpha value is -1.09. The molecule has 0 aliphatic rings. The van der Waals surface area contributed by atoms with E-state index in [2.05, 4.69) is 37.1 Å². The Kier molecular flexibility index (Phi) is 4.09. The maximum absolute atomic E-state index is 5.84. The average molecular weight is 207 g/mol. The predicted molar refractivity (Wildman–Crippen MR) is 65.0 cm³/mol. The number of pyridine rings is 1. The molecule has 0 unspecified atom stereocenters. The number of nitrogens with two attached hydrogens (primary N) is 1. The van der Waals surface area contributed by atoms with Crippen molar-refractivity contribution < 1.29 is 0 Å². The van der Waals surface area contributed by atoms with Crippen molar-refractivity contribution in [2.75, 3.05) is 11.9 Å². The standard InChI is InChI=1S/C12H21N3/c1-4-12(5-2,9-13)15-11-10(3)7-6-8-14-11/h6-8H,4-5,9,13H2,1-3H3,(H,14,15). The minimum atomic E-state index is -0.0148. The third-order valence-electron chi connectivity index (χ3n) is 3.14. The summed E-state index contributed by atoms with van der Waals surface area (Å²) in [5.74, 6) is 0.951. The van der Waals surface area contributed by atoms with Crippen LogP contribution in [0.1, 0.15) is 32.3 Å². The first-order valence-electron chi connectivity index (χ1n) is 5.57. The number of aryl methyl sites for hydroxylation is 1. The highest BCUT2D eigenvalue weighted by Crippen LogP contribution is 2.21. The third-order valence-corrected chi connectivity index (χ3v) is 3.14. The van der Waals surface area contributed by atoms with Crippen molar-refractivity contribution in [1.82, 2.24) is 4.98 Å². The molecule has 15 heavy (non-hydrogen) atoms. The first-order chi connectivity index (χ1) is 7.17. The van der Waals surface area contributed by atoms with Crippen LogP contribution in [-0.2, 0) is 0 Å². The molecule has 0 aromatic carbocycles. The van der Waals surface area contributed by atoms with Gasteiger partial charge >= 0.3 is 0 Å². The van der Waals surface area contributed by atoms with E-state index in [1.807, 2.05) is 12.3 Å². The maximum atomic E-state index is 5.84. The van der Waals surface area contributed by atoms with Crippen LogP contribution in [0.5, 0.6) is 0 Å². The monoisotopic (exact) mass is 207 g/mol. The van der Waals surface area contributed by atoms with Gasteiger partial charge in [-0.2, -0.15) is 0 Å². The van der Waals surface area contributed by atoms with Gasteiger partial charge < -0.3 is 11.1 Å². The van der Waals surface area contributed by atoms with Gasteiger partial charge in [-0.15, -0.1) is 0 Å². The SMILES string of the molecule is CCC(CC)(CN)Nc1ncccc1C. The molecule has 3 heteroatoms. The fourth-order valence-corrected chi connectivity index (χ4v) is 1.63. The number of nitrogens with one attached hydrogen (secondary N) is 1. The van der Waals surface area contributed by atoms with Gasteiger partial charge in [-0.25, -0.2) is 4.98 Å². The van der Waals surface area contributed by atoms with E-state index in [9.17, 15) is 0 Å². The van der Waals surface area contributed by atoms with E-state index in [1.54, 1.807) is 0 Å². The van der Waals surface area contributed by atoms with Crippen LogP contribution in [-0.4, -0.2) is 17.1 Å². The number of nitrogens with zero attached hydrogens (tertiary/aromatic N) is 1. The molecular weight excluding hydrogens is 186 g/mol. The van der Waals surface area contributed by atoms with Crippen molar-refractivity contribution in [3.8, 4) is 0 Å². The number of rotatable bonds is 5. The van der Waals surface area contributed by atoms with Crippen molar-refractivity contribution in [2.45, 2.75) is 39.2 Å². The smallest absolute Gasteiger partial charge is 0.129 e. The fourth-order valence-electron chi connectivity index (χ4n) is 1.63. The summed E-state index contributed by atoms with van der Waals surface area (Å²) in [7, 11) is 0. The molecule has 0 aliphatic heterocycles. The molecule has 1 heterocycles. The molecule has 1 rings (SSSR count). The van der Waals surface area contributed by atoms with E-state index in [0.29, 0.717) is 6.54 Å². The predicted octanol–water partition coefficient (Wildman–Crippen LogP) is 2.32. The van der Waals surface area contributed by atoms with Gasteiger partial charge in [0.25, 0.3) is 0 Å². The third kappa shape index (κ3) is 2.69. The van der Waals surface area contributed by atoms with Crippen LogP contribution >= 0.6 is 0 Å². The second-order valence-electron chi connectivity index (χ2n) is 3.99. The fraction of sp³-hybridized carbons (Fsp3) is 0.583.